The van der Waals surface area contributed by atoms with E-state index in [1.807, 2.05) is 6.92 Å². The van der Waals surface area contributed by atoms with Gasteiger partial charge in [0.25, 0.3) is 8.32 Å². The second-order valence-electron chi connectivity index (χ2n) is 9.80. The molecule has 0 saturated carbocycles. The van der Waals surface area contributed by atoms with Crippen molar-refractivity contribution >= 4 is 24.5 Å². The first-order valence-electron chi connectivity index (χ1n) is 11.1. The van der Waals surface area contributed by atoms with Gasteiger partial charge in [-0.25, -0.2) is 0 Å². The van der Waals surface area contributed by atoms with Gasteiger partial charge in [-0.3, -0.25) is 4.79 Å². The molecule has 0 amide bonds. The van der Waals surface area contributed by atoms with Crippen molar-refractivity contribution in [3.63, 3.8) is 0 Å². The summed E-state index contributed by atoms with van der Waals surface area (Å²) < 4.78 is 13.4. The quantitative estimate of drug-likeness (QED) is 0.508. The lowest BCUT2D eigenvalue weighted by molar-refractivity contribution is -0.130. The summed E-state index contributed by atoms with van der Waals surface area (Å²) in [5.74, 6) is 0.845. The van der Waals surface area contributed by atoms with Gasteiger partial charge in [0.1, 0.15) is 5.76 Å². The van der Waals surface area contributed by atoms with E-state index in [4.69, 9.17) is 9.16 Å². The maximum absolute atomic E-state index is 12.8. The van der Waals surface area contributed by atoms with Gasteiger partial charge in [-0.2, -0.15) is 0 Å². The van der Waals surface area contributed by atoms with E-state index in [9.17, 15) is 4.79 Å². The minimum Gasteiger partial charge on any atom is -0.484 e. The molecule has 0 aliphatic carbocycles. The van der Waals surface area contributed by atoms with Crippen LogP contribution in [0.3, 0.4) is 0 Å². The lowest BCUT2D eigenvalue weighted by Crippen LogP contribution is -2.67. The smallest absolute Gasteiger partial charge is 0.261 e. The highest BCUT2D eigenvalue weighted by Gasteiger charge is 2.52. The number of carbonyl (C=O) groups is 1. The average Bonchev–Trinajstić information content (AvgIpc) is 3.06. The van der Waals surface area contributed by atoms with Crippen LogP contribution in [0, 0.1) is 0 Å². The van der Waals surface area contributed by atoms with E-state index >= 15 is 0 Å². The fourth-order valence-corrected chi connectivity index (χ4v) is 9.49. The molecule has 31 heavy (non-hydrogen) atoms. The van der Waals surface area contributed by atoms with E-state index in [1.54, 1.807) is 6.08 Å². The van der Waals surface area contributed by atoms with Crippen LogP contribution in [-0.4, -0.2) is 25.8 Å². The van der Waals surface area contributed by atoms with Crippen LogP contribution in [0.15, 0.2) is 84.7 Å². The van der Waals surface area contributed by atoms with Crippen LogP contribution in [0.2, 0.25) is 5.04 Å². The summed E-state index contributed by atoms with van der Waals surface area (Å²) in [7, 11) is -2.71. The van der Waals surface area contributed by atoms with E-state index in [0.29, 0.717) is 6.42 Å². The standard InChI is InChI=1S/C27H32O3Si/c1-26(2,3)31(23-15-7-5-8-16-23,24-17-9-6-10-18-24)30-22-14-12-11-13-21-19-25(28)27(4,20-22)29-21/h5-10,12,14-19,22H,11,13,20H2,1-4H3/b14-12-/t22-,27+/m0/s1. The Morgan fingerprint density at radius 3 is 2.13 bits per heavy atom. The van der Waals surface area contributed by atoms with Crippen molar-refractivity contribution in [2.24, 2.45) is 0 Å². The van der Waals surface area contributed by atoms with E-state index in [0.717, 1.165) is 18.6 Å². The zero-order chi connectivity index (χ0) is 22.1. The molecule has 0 fully saturated rings. The summed E-state index contributed by atoms with van der Waals surface area (Å²) in [4.78, 5) is 12.8. The number of carbonyl (C=O) groups excluding carboxylic acids is 1. The molecule has 2 aromatic rings. The largest absolute Gasteiger partial charge is 0.484 e. The number of hydrogen-bond acceptors (Lipinski definition) is 3. The molecular formula is C27H32O3Si. The number of fused-ring (bicyclic) bond motifs is 2. The summed E-state index contributed by atoms with van der Waals surface area (Å²) in [5.41, 5.74) is -0.861. The normalized spacial score (nSPS) is 25.1. The Morgan fingerprint density at radius 2 is 1.58 bits per heavy atom. The fraction of sp³-hybridized carbons (Fsp3) is 0.370. The van der Waals surface area contributed by atoms with Gasteiger partial charge in [-0.15, -0.1) is 0 Å². The van der Waals surface area contributed by atoms with E-state index in [2.05, 4.69) is 93.6 Å². The molecule has 3 nitrogen and oxygen atoms in total. The number of hydrogen-bond donors (Lipinski definition) is 0. The molecule has 4 rings (SSSR count). The lowest BCUT2D eigenvalue weighted by atomic mass is 9.94. The predicted octanol–water partition coefficient (Wildman–Crippen LogP) is 4.91. The van der Waals surface area contributed by atoms with Gasteiger partial charge in [0.2, 0.25) is 5.78 Å². The summed E-state index contributed by atoms with van der Waals surface area (Å²) in [6.07, 6.45) is 7.90. The van der Waals surface area contributed by atoms with Crippen molar-refractivity contribution in [1.82, 2.24) is 0 Å². The Labute approximate surface area is 186 Å². The van der Waals surface area contributed by atoms with Crippen LogP contribution < -0.4 is 10.4 Å². The van der Waals surface area contributed by atoms with Gasteiger partial charge < -0.3 is 9.16 Å². The molecule has 162 valence electrons. The summed E-state index contributed by atoms with van der Waals surface area (Å²) >= 11 is 0. The molecule has 4 heteroatoms. The molecule has 0 unspecified atom stereocenters. The van der Waals surface area contributed by atoms with E-state index in [1.165, 1.54) is 10.4 Å². The molecule has 0 aromatic heterocycles. The molecule has 2 bridgehead atoms. The van der Waals surface area contributed by atoms with Gasteiger partial charge in [0.15, 0.2) is 5.60 Å². The summed E-state index contributed by atoms with van der Waals surface area (Å²) in [6, 6.07) is 21.3. The third-order valence-electron chi connectivity index (χ3n) is 6.41. The third-order valence-corrected chi connectivity index (χ3v) is 11.5. The molecule has 0 saturated heterocycles. The number of ether oxygens (including phenoxy) is 1. The highest BCUT2D eigenvalue weighted by molar-refractivity contribution is 6.99. The number of benzene rings is 2. The molecule has 0 N–H and O–H groups in total. The van der Waals surface area contributed by atoms with Gasteiger partial charge >= 0.3 is 0 Å². The van der Waals surface area contributed by atoms with Crippen molar-refractivity contribution in [1.29, 1.82) is 0 Å². The fourth-order valence-electron chi connectivity index (χ4n) is 4.86. The van der Waals surface area contributed by atoms with Crippen LogP contribution >= 0.6 is 0 Å². The molecule has 2 atom stereocenters. The van der Waals surface area contributed by atoms with Gasteiger partial charge in [-0.05, 0) is 28.8 Å². The number of rotatable bonds is 4. The van der Waals surface area contributed by atoms with E-state index in [-0.39, 0.29) is 16.9 Å². The van der Waals surface area contributed by atoms with Gasteiger partial charge in [0.05, 0.1) is 6.10 Å². The highest BCUT2D eigenvalue weighted by atomic mass is 28.4. The average molecular weight is 433 g/mol. The first-order chi connectivity index (χ1) is 14.7. The Balaban J connectivity index is 1.82. The Hall–Kier alpha value is -2.43. The van der Waals surface area contributed by atoms with Crippen molar-refractivity contribution in [3.05, 3.63) is 84.7 Å². The highest BCUT2D eigenvalue weighted by Crippen LogP contribution is 2.40. The molecule has 0 radical (unpaired) electrons. The Morgan fingerprint density at radius 1 is 1.00 bits per heavy atom. The van der Waals surface area contributed by atoms with Crippen molar-refractivity contribution in [2.45, 2.75) is 63.7 Å². The minimum atomic E-state index is -2.71. The second kappa shape index (κ2) is 8.25. The first-order valence-corrected chi connectivity index (χ1v) is 13.0. The molecular weight excluding hydrogens is 400 g/mol. The maximum atomic E-state index is 12.8. The molecule has 0 spiro atoms. The monoisotopic (exact) mass is 432 g/mol. The number of ketones is 1. The van der Waals surface area contributed by atoms with Crippen LogP contribution in [0.4, 0.5) is 0 Å². The van der Waals surface area contributed by atoms with Crippen LogP contribution in [0.1, 0.15) is 47.0 Å². The maximum Gasteiger partial charge on any atom is 0.261 e. The zero-order valence-electron chi connectivity index (χ0n) is 18.9. The first kappa shape index (κ1) is 21.8. The SMILES string of the molecule is CC(C)(C)[Si](O[C@H]1/C=C\CCC2=CC(=O)[C@@](C)(C1)O2)(c1ccccc1)c1ccccc1. The minimum absolute atomic E-state index is 0.0499. The predicted molar refractivity (Wildman–Crippen MR) is 128 cm³/mol. The van der Waals surface area contributed by atoms with Crippen LogP contribution in [-0.2, 0) is 14.0 Å². The van der Waals surface area contributed by atoms with Gasteiger partial charge in [0, 0.05) is 18.9 Å². The van der Waals surface area contributed by atoms with Crippen molar-refractivity contribution < 1.29 is 14.0 Å². The molecule has 2 aliphatic heterocycles. The molecule has 2 aliphatic rings. The van der Waals surface area contributed by atoms with Gasteiger partial charge in [-0.1, -0.05) is 93.6 Å². The van der Waals surface area contributed by atoms with E-state index < -0.39 is 13.9 Å². The Bertz CT molecular complexity index is 949. The summed E-state index contributed by atoms with van der Waals surface area (Å²) in [5, 5.41) is 2.36. The second-order valence-corrected chi connectivity index (χ2v) is 14.1. The topological polar surface area (TPSA) is 35.5 Å². The van der Waals surface area contributed by atoms with Crippen molar-refractivity contribution in [3.8, 4) is 0 Å². The lowest BCUT2D eigenvalue weighted by Gasteiger charge is -2.45. The van der Waals surface area contributed by atoms with Crippen molar-refractivity contribution in [2.75, 3.05) is 0 Å². The zero-order valence-corrected chi connectivity index (χ0v) is 19.9. The number of allylic oxidation sites excluding steroid dienone is 2. The summed E-state index contributed by atoms with van der Waals surface area (Å²) in [6.45, 7) is 8.73. The Kier molecular flexibility index (Phi) is 5.80. The van der Waals surface area contributed by atoms with Crippen LogP contribution in [0.25, 0.3) is 0 Å². The molecule has 2 heterocycles. The van der Waals surface area contributed by atoms with Crippen LogP contribution in [0.5, 0.6) is 0 Å². The molecule has 2 aromatic carbocycles. The third kappa shape index (κ3) is 4.07.